The highest BCUT2D eigenvalue weighted by molar-refractivity contribution is 7.74. The third-order valence-corrected chi connectivity index (χ3v) is 35.5. The molecule has 0 saturated carbocycles. The Balaban J connectivity index is 0.902. The summed E-state index contributed by atoms with van der Waals surface area (Å²) >= 11 is 0. The molecule has 0 N–H and O–H groups in total. The van der Waals surface area contributed by atoms with Gasteiger partial charge in [-0.15, -0.1) is 0 Å². The highest BCUT2D eigenvalue weighted by Crippen LogP contribution is 2.49. The molecule has 22 fully saturated rings. The fourth-order valence-electron chi connectivity index (χ4n) is 19.1. The topological polar surface area (TPSA) is 240 Å². The summed E-state index contributed by atoms with van der Waals surface area (Å²) in [6.45, 7) is -0.0535. The van der Waals surface area contributed by atoms with E-state index in [2.05, 4.69) is 194 Å². The van der Waals surface area contributed by atoms with Gasteiger partial charge in [0, 0.05) is 124 Å². The molecule has 692 valence electrons. The van der Waals surface area contributed by atoms with Crippen molar-refractivity contribution < 1.29 is 123 Å². The average molecular weight is 1840 g/mol. The van der Waals surface area contributed by atoms with E-state index in [4.69, 9.17) is 123 Å². The van der Waals surface area contributed by atoms with Crippen LogP contribution in [0.1, 0.15) is 0 Å². The standard InChI is InChI=1S/C98H124O26P4/c1-99-55-69-75-81(101-3)87(107-9)93(113-69)121-77-71(57-125(61-39-23-15-24-40-61)62-41-25-16-26-42-62)117-97(91(111-13)83(77)103-5)124-80-74(60-128(67-51-35-21-36-52-67)68-53-37-22-38-54-68)116-96(90(110-12)86(80)106-8)120-76-70(56-100-2)114-94(88(108-10)82(76)102-4)122-78-72(58-126(63-43-27-17-28-44-63)64-45-29-18-30-46-64)118-98(92(112-14)84(78)104-6)123-79-73(115-95(119-75)89(109-11)85(79)105-7)59-127(65-47-31-19-32-48-65)66-49-33-20-34-50-66/h15-54,69-98H,55-60H2,1-14H3/t69-,70-,71-,72-,73-,74-,75-,76-,77-,78-,79-,80-,81+,82+,83+,84+,85+,86+,87-,88-,89-,90-,91-,92-,93-,94-,95-,96-,97-,98-/m1/s1. The van der Waals surface area contributed by atoms with Crippen LogP contribution >= 0.6 is 31.7 Å². The smallest absolute Gasteiger partial charge is 0.187 e. The minimum Gasteiger partial charge on any atom is -0.382 e. The molecule has 128 heavy (non-hydrogen) atoms. The Kier molecular flexibility index (Phi) is 36.0. The number of hydrogen-bond acceptors (Lipinski definition) is 26. The van der Waals surface area contributed by atoms with Gasteiger partial charge in [0.05, 0.1) is 37.6 Å². The summed E-state index contributed by atoms with van der Waals surface area (Å²) < 4.78 is 186. The Labute approximate surface area is 757 Å². The van der Waals surface area contributed by atoms with E-state index in [1.165, 1.54) is 0 Å². The van der Waals surface area contributed by atoms with Gasteiger partial charge in [0.15, 0.2) is 37.7 Å². The van der Waals surface area contributed by atoms with E-state index in [0.717, 1.165) is 42.4 Å². The van der Waals surface area contributed by atoms with Gasteiger partial charge in [0.2, 0.25) is 0 Å². The molecule has 30 heteroatoms. The van der Waals surface area contributed by atoms with Crippen molar-refractivity contribution in [3.05, 3.63) is 243 Å². The minimum atomic E-state index is -1.26. The quantitative estimate of drug-likeness (QED) is 0.0358. The molecule has 0 spiro atoms. The van der Waals surface area contributed by atoms with Crippen molar-refractivity contribution in [2.24, 2.45) is 0 Å². The van der Waals surface area contributed by atoms with Gasteiger partial charge in [0.1, 0.15) is 122 Å². The number of hydrogen-bond donors (Lipinski definition) is 0. The predicted octanol–water partition coefficient (Wildman–Crippen LogP) is 8.67. The van der Waals surface area contributed by atoms with Crippen LogP contribution in [0.25, 0.3) is 0 Å². The van der Waals surface area contributed by atoms with E-state index < -0.39 is 216 Å². The molecule has 0 unspecified atom stereocenters. The molecule has 0 amide bonds. The highest BCUT2D eigenvalue weighted by Gasteiger charge is 2.62. The van der Waals surface area contributed by atoms with Crippen molar-refractivity contribution in [2.75, 3.05) is 137 Å². The van der Waals surface area contributed by atoms with Crippen LogP contribution in [0.4, 0.5) is 0 Å². The summed E-state index contributed by atoms with van der Waals surface area (Å²) in [5.41, 5.74) is 0. The third-order valence-electron chi connectivity index (χ3n) is 25.2. The lowest BCUT2D eigenvalue weighted by Gasteiger charge is -2.54. The Morgan fingerprint density at radius 2 is 0.305 bits per heavy atom. The van der Waals surface area contributed by atoms with Gasteiger partial charge in [-0.05, 0) is 74.1 Å². The lowest BCUT2D eigenvalue weighted by atomic mass is 9.94. The summed E-state index contributed by atoms with van der Waals surface area (Å²) in [7, 11) is 17.5. The predicted molar refractivity (Wildman–Crippen MR) is 490 cm³/mol. The Morgan fingerprint density at radius 3 is 0.438 bits per heavy atom. The van der Waals surface area contributed by atoms with Crippen molar-refractivity contribution in [3.63, 3.8) is 0 Å². The van der Waals surface area contributed by atoms with E-state index in [1.54, 1.807) is 99.5 Å². The first-order valence-electron chi connectivity index (χ1n) is 43.6. The molecule has 22 aliphatic rings. The fraction of sp³-hybridized carbons (Fsp3) is 0.510. The second-order valence-electron chi connectivity index (χ2n) is 32.3. The van der Waals surface area contributed by atoms with Crippen LogP contribution < -0.4 is 42.4 Å². The van der Waals surface area contributed by atoms with E-state index in [-0.39, 0.29) is 13.2 Å². The molecule has 8 aromatic rings. The first-order chi connectivity index (χ1) is 62.9. The summed E-state index contributed by atoms with van der Waals surface area (Å²) in [4.78, 5) is 0. The Hall–Kier alpha value is -5.56. The molecule has 0 aromatic heterocycles. The maximum absolute atomic E-state index is 7.82. The maximum Gasteiger partial charge on any atom is 0.187 e. The second kappa shape index (κ2) is 47.6. The highest BCUT2D eigenvalue weighted by atomic mass is 31.1. The summed E-state index contributed by atoms with van der Waals surface area (Å²) in [6.07, 6.45) is -29.5. The van der Waals surface area contributed by atoms with Gasteiger partial charge < -0.3 is 123 Å². The van der Waals surface area contributed by atoms with Crippen LogP contribution in [0.15, 0.2) is 243 Å². The number of benzene rings is 8. The molecule has 8 aromatic carbocycles. The first kappa shape index (κ1) is 97.0. The molecule has 26 nitrogen and oxygen atoms in total. The fourth-order valence-corrected chi connectivity index (χ4v) is 28.9. The molecule has 0 aliphatic carbocycles. The minimum absolute atomic E-state index is 0.0267. The molecule has 22 saturated heterocycles. The largest absolute Gasteiger partial charge is 0.382 e. The normalized spacial score (nSPS) is 34.2. The molecular formula is C98H124O26P4. The second-order valence-corrected chi connectivity index (χ2v) is 41.3. The Morgan fingerprint density at radius 1 is 0.172 bits per heavy atom. The van der Waals surface area contributed by atoms with Crippen molar-refractivity contribution in [1.29, 1.82) is 0 Å². The molecule has 12 bridgehead atoms. The van der Waals surface area contributed by atoms with Crippen LogP contribution in [0.3, 0.4) is 0 Å². The summed E-state index contributed by atoms with van der Waals surface area (Å²) in [5.74, 6) is 0. The van der Waals surface area contributed by atoms with Gasteiger partial charge in [-0.1, -0.05) is 243 Å². The van der Waals surface area contributed by atoms with E-state index >= 15 is 0 Å². The van der Waals surface area contributed by atoms with E-state index in [1.807, 2.05) is 48.5 Å². The lowest BCUT2D eigenvalue weighted by Crippen LogP contribution is -2.70. The molecule has 22 heterocycles. The van der Waals surface area contributed by atoms with Crippen LogP contribution in [0, 0.1) is 0 Å². The molecule has 22 aliphatic heterocycles. The zero-order chi connectivity index (χ0) is 89.2. The van der Waals surface area contributed by atoms with Gasteiger partial charge >= 0.3 is 0 Å². The van der Waals surface area contributed by atoms with Gasteiger partial charge in [-0.3, -0.25) is 0 Å². The molecule has 30 rings (SSSR count). The zero-order valence-electron chi connectivity index (χ0n) is 75.1. The molecule has 0 radical (unpaired) electrons. The van der Waals surface area contributed by atoms with Crippen LogP contribution in [-0.2, 0) is 123 Å². The van der Waals surface area contributed by atoms with Crippen molar-refractivity contribution in [2.45, 2.75) is 184 Å². The monoisotopic (exact) mass is 1840 g/mol. The maximum atomic E-state index is 7.82. The van der Waals surface area contributed by atoms with E-state index in [0.29, 0.717) is 24.6 Å². The Bertz CT molecular complexity index is 3910. The number of ether oxygens (including phenoxy) is 26. The van der Waals surface area contributed by atoms with Gasteiger partial charge in [-0.25, -0.2) is 0 Å². The van der Waals surface area contributed by atoms with Crippen molar-refractivity contribution in [1.82, 2.24) is 0 Å². The molecular weight excluding hydrogens is 1720 g/mol. The van der Waals surface area contributed by atoms with Gasteiger partial charge in [0.25, 0.3) is 0 Å². The molecule has 30 atom stereocenters. The summed E-state index contributed by atoms with van der Waals surface area (Å²) in [6, 6.07) is 83.4. The van der Waals surface area contributed by atoms with Crippen LogP contribution in [-0.4, -0.2) is 322 Å². The van der Waals surface area contributed by atoms with Crippen molar-refractivity contribution >= 4 is 74.1 Å². The SMILES string of the molecule is COC[C@H]1O[C@@H]2O[C@H]3[C@H](OC)[C@@H](OC)[C@@H](O[C@H]4[C@H](OC)[C@@H](OC)[C@@H](O[C@H]5[C@H](OC)[C@@H](OC)[C@@H](O[C@H]6[C@H](OC)[C@@H](OC)[C@@H](O[C@H]7[C@H](OC)[C@@H](OC)[C@@H](O[C@H]1[C@H](OC)[C@H]2OC)O[C@@H]7CP(c1ccccc1)c1ccccc1)O[C@@H]6CP(c1ccccc1)c1ccccc1)O[C@@H]5COC)O[C@@H]4CP(c1ccccc1)c1ccccc1)O[C@@H]3CP(c1ccccc1)c1ccccc1. The van der Waals surface area contributed by atoms with Crippen molar-refractivity contribution in [3.8, 4) is 0 Å². The van der Waals surface area contributed by atoms with Crippen LogP contribution in [0.5, 0.6) is 0 Å². The zero-order valence-corrected chi connectivity index (χ0v) is 78.6. The first-order valence-corrected chi connectivity index (χ1v) is 49.7. The number of methoxy groups -OCH3 is 14. The number of rotatable bonds is 32. The third kappa shape index (κ3) is 21.8. The average Bonchev–Trinajstić information content (AvgIpc) is 0.757. The lowest BCUT2D eigenvalue weighted by molar-refractivity contribution is -0.405. The van der Waals surface area contributed by atoms with Gasteiger partial charge in [-0.2, -0.15) is 0 Å². The van der Waals surface area contributed by atoms with E-state index in [9.17, 15) is 0 Å². The van der Waals surface area contributed by atoms with Crippen LogP contribution in [0.2, 0.25) is 0 Å². The summed E-state index contributed by atoms with van der Waals surface area (Å²) in [5, 5.41) is 8.71.